The van der Waals surface area contributed by atoms with Gasteiger partial charge in [-0.1, -0.05) is 36.2 Å². The number of halogens is 1. The van der Waals surface area contributed by atoms with Gasteiger partial charge in [0, 0.05) is 17.6 Å². The minimum absolute atomic E-state index is 0.0700. The Morgan fingerprint density at radius 2 is 1.90 bits per heavy atom. The molecule has 0 bridgehead atoms. The summed E-state index contributed by atoms with van der Waals surface area (Å²) in [6.45, 7) is 4.65. The van der Waals surface area contributed by atoms with E-state index in [1.807, 2.05) is 0 Å². The predicted octanol–water partition coefficient (Wildman–Crippen LogP) is 2.63. The van der Waals surface area contributed by atoms with Crippen molar-refractivity contribution in [3.05, 3.63) is 34.9 Å². The van der Waals surface area contributed by atoms with Crippen LogP contribution in [0.4, 0.5) is 0 Å². The molecule has 1 aliphatic heterocycles. The van der Waals surface area contributed by atoms with E-state index in [-0.39, 0.29) is 11.8 Å². The number of nitrogens with one attached hydrogen (secondary N) is 1. The number of benzene rings is 1. The minimum atomic E-state index is -3.35. The van der Waals surface area contributed by atoms with Crippen molar-refractivity contribution in [2.75, 3.05) is 19.6 Å². The van der Waals surface area contributed by atoms with E-state index in [0.717, 1.165) is 13.1 Å². The summed E-state index contributed by atoms with van der Waals surface area (Å²) in [7, 11) is -3.35. The zero-order valence-electron chi connectivity index (χ0n) is 12.4. The number of hydrogen-bond donors (Lipinski definition) is 1. The summed E-state index contributed by atoms with van der Waals surface area (Å²) >= 11 is 6.01. The largest absolute Gasteiger partial charge is 0.299 e. The van der Waals surface area contributed by atoms with Gasteiger partial charge in [0.25, 0.3) is 0 Å². The van der Waals surface area contributed by atoms with Crippen LogP contribution < -0.4 is 4.72 Å². The van der Waals surface area contributed by atoms with Crippen molar-refractivity contribution in [3.8, 4) is 0 Å². The maximum atomic E-state index is 12.2. The smallest absolute Gasteiger partial charge is 0.215 e. The average Bonchev–Trinajstić information content (AvgIpc) is 2.48. The lowest BCUT2D eigenvalue weighted by Gasteiger charge is -2.32. The lowest BCUT2D eigenvalue weighted by molar-refractivity contribution is 0.175. The van der Waals surface area contributed by atoms with Gasteiger partial charge in [-0.25, -0.2) is 13.1 Å². The third-order valence-electron chi connectivity index (χ3n) is 3.92. The Morgan fingerprint density at radius 3 is 2.57 bits per heavy atom. The molecule has 1 aromatic carbocycles. The van der Waals surface area contributed by atoms with E-state index in [2.05, 4.69) is 16.5 Å². The molecule has 0 aliphatic carbocycles. The molecule has 1 unspecified atom stereocenters. The van der Waals surface area contributed by atoms with E-state index in [0.29, 0.717) is 17.1 Å². The molecule has 0 saturated carbocycles. The number of rotatable bonds is 6. The fraction of sp³-hybridized carbons (Fsp3) is 0.600. The number of hydrogen-bond acceptors (Lipinski definition) is 3. The van der Waals surface area contributed by atoms with Crippen molar-refractivity contribution in [1.29, 1.82) is 0 Å². The van der Waals surface area contributed by atoms with Gasteiger partial charge in [0.2, 0.25) is 10.0 Å². The van der Waals surface area contributed by atoms with Crippen LogP contribution >= 0.6 is 11.6 Å². The molecule has 1 atom stereocenters. The Balaban J connectivity index is 1.87. The van der Waals surface area contributed by atoms with E-state index in [4.69, 9.17) is 11.6 Å². The van der Waals surface area contributed by atoms with Gasteiger partial charge < -0.3 is 0 Å². The highest BCUT2D eigenvalue weighted by molar-refractivity contribution is 7.88. The molecule has 4 nitrogen and oxygen atoms in total. The molecule has 1 fully saturated rings. The fourth-order valence-corrected chi connectivity index (χ4v) is 4.15. The van der Waals surface area contributed by atoms with Crippen molar-refractivity contribution in [2.45, 2.75) is 38.0 Å². The summed E-state index contributed by atoms with van der Waals surface area (Å²) in [5.41, 5.74) is 0.636. The Labute approximate surface area is 132 Å². The summed E-state index contributed by atoms with van der Waals surface area (Å²) < 4.78 is 27.0. The van der Waals surface area contributed by atoms with Crippen molar-refractivity contribution in [2.24, 2.45) is 0 Å². The van der Waals surface area contributed by atoms with E-state index < -0.39 is 10.0 Å². The molecule has 6 heteroatoms. The molecule has 1 saturated heterocycles. The van der Waals surface area contributed by atoms with Gasteiger partial charge in [-0.2, -0.15) is 0 Å². The SMILES string of the molecule is CC(CNS(=O)(=O)Cc1ccccc1Cl)N1CCCCC1. The number of nitrogens with zero attached hydrogens (tertiary/aromatic N) is 1. The van der Waals surface area contributed by atoms with Crippen LogP contribution in [0.3, 0.4) is 0 Å². The minimum Gasteiger partial charge on any atom is -0.299 e. The van der Waals surface area contributed by atoms with Crippen LogP contribution in [0.15, 0.2) is 24.3 Å². The van der Waals surface area contributed by atoms with Crippen molar-refractivity contribution in [3.63, 3.8) is 0 Å². The summed E-state index contributed by atoms with van der Waals surface area (Å²) in [6.07, 6.45) is 3.69. The second-order valence-corrected chi connectivity index (χ2v) is 7.86. The monoisotopic (exact) mass is 330 g/mol. The lowest BCUT2D eigenvalue weighted by Crippen LogP contribution is -2.44. The molecular formula is C15H23ClN2O2S. The number of piperidine rings is 1. The molecule has 1 N–H and O–H groups in total. The van der Waals surface area contributed by atoms with Crippen molar-refractivity contribution in [1.82, 2.24) is 9.62 Å². The number of sulfonamides is 1. The van der Waals surface area contributed by atoms with Gasteiger partial charge in [0.05, 0.1) is 5.75 Å². The molecule has 0 aromatic heterocycles. The van der Waals surface area contributed by atoms with Gasteiger partial charge >= 0.3 is 0 Å². The second kappa shape index (κ2) is 7.58. The molecule has 1 aromatic rings. The third-order valence-corrected chi connectivity index (χ3v) is 5.58. The van der Waals surface area contributed by atoms with Gasteiger partial charge in [-0.15, -0.1) is 0 Å². The summed E-state index contributed by atoms with van der Waals surface area (Å²) in [4.78, 5) is 2.35. The quantitative estimate of drug-likeness (QED) is 0.872. The van der Waals surface area contributed by atoms with E-state index in [1.54, 1.807) is 24.3 Å². The molecule has 21 heavy (non-hydrogen) atoms. The first-order valence-electron chi connectivity index (χ1n) is 7.43. The molecule has 0 spiro atoms. The fourth-order valence-electron chi connectivity index (χ4n) is 2.61. The van der Waals surface area contributed by atoms with E-state index >= 15 is 0 Å². The normalized spacial score (nSPS) is 18.6. The van der Waals surface area contributed by atoms with Crippen LogP contribution in [0.25, 0.3) is 0 Å². The summed E-state index contributed by atoms with van der Waals surface area (Å²) in [6, 6.07) is 7.28. The Morgan fingerprint density at radius 1 is 1.24 bits per heavy atom. The van der Waals surface area contributed by atoms with Crippen molar-refractivity contribution < 1.29 is 8.42 Å². The predicted molar refractivity (Wildman–Crippen MR) is 87.0 cm³/mol. The Kier molecular flexibility index (Phi) is 6.05. The molecule has 1 heterocycles. The highest BCUT2D eigenvalue weighted by atomic mass is 35.5. The highest BCUT2D eigenvalue weighted by Crippen LogP contribution is 2.17. The zero-order chi connectivity index (χ0) is 15.3. The van der Waals surface area contributed by atoms with Crippen LogP contribution in [0.2, 0.25) is 5.02 Å². The van der Waals surface area contributed by atoms with Gasteiger partial charge in [-0.3, -0.25) is 4.90 Å². The van der Waals surface area contributed by atoms with E-state index in [9.17, 15) is 8.42 Å². The number of likely N-dealkylation sites (tertiary alicyclic amines) is 1. The molecule has 0 radical (unpaired) electrons. The van der Waals surface area contributed by atoms with Crippen LogP contribution in [-0.4, -0.2) is 39.0 Å². The molecule has 2 rings (SSSR count). The maximum absolute atomic E-state index is 12.2. The lowest BCUT2D eigenvalue weighted by atomic mass is 10.1. The van der Waals surface area contributed by atoms with Gasteiger partial charge in [0.15, 0.2) is 0 Å². The Bertz CT molecular complexity index is 557. The molecule has 118 valence electrons. The van der Waals surface area contributed by atoms with Crippen molar-refractivity contribution >= 4 is 21.6 Å². The standard InChI is InChI=1S/C15H23ClN2O2S/c1-13(18-9-5-2-6-10-18)11-17-21(19,20)12-14-7-3-4-8-15(14)16/h3-4,7-8,13,17H,2,5-6,9-12H2,1H3. The molecule has 1 aliphatic rings. The average molecular weight is 331 g/mol. The van der Waals surface area contributed by atoms with Crippen LogP contribution in [0.1, 0.15) is 31.7 Å². The van der Waals surface area contributed by atoms with Gasteiger partial charge in [0.1, 0.15) is 0 Å². The maximum Gasteiger partial charge on any atom is 0.215 e. The zero-order valence-corrected chi connectivity index (χ0v) is 14.0. The highest BCUT2D eigenvalue weighted by Gasteiger charge is 2.19. The topological polar surface area (TPSA) is 49.4 Å². The first-order valence-corrected chi connectivity index (χ1v) is 9.46. The van der Waals surface area contributed by atoms with Crippen LogP contribution in [-0.2, 0) is 15.8 Å². The summed E-state index contributed by atoms with van der Waals surface area (Å²) in [5, 5.41) is 0.493. The molecule has 0 amide bonds. The van der Waals surface area contributed by atoms with E-state index in [1.165, 1.54) is 19.3 Å². The van der Waals surface area contributed by atoms with Gasteiger partial charge in [-0.05, 0) is 44.5 Å². The first-order chi connectivity index (χ1) is 9.98. The van der Waals surface area contributed by atoms with Crippen LogP contribution in [0, 0.1) is 0 Å². The summed E-state index contributed by atoms with van der Waals surface area (Å²) in [5.74, 6) is -0.0700. The second-order valence-electron chi connectivity index (χ2n) is 5.64. The van der Waals surface area contributed by atoms with Crippen LogP contribution in [0.5, 0.6) is 0 Å². The Hall–Kier alpha value is -0.620. The third kappa shape index (κ3) is 5.25. The first kappa shape index (κ1) is 16.7. The molecular weight excluding hydrogens is 308 g/mol.